The van der Waals surface area contributed by atoms with Gasteiger partial charge in [-0.3, -0.25) is 4.79 Å². The number of carbonyl (C=O) groups is 4. The van der Waals surface area contributed by atoms with Crippen molar-refractivity contribution in [2.75, 3.05) is 0 Å². The number of benzene rings is 1. The topological polar surface area (TPSA) is 159 Å². The van der Waals surface area contributed by atoms with E-state index >= 15 is 0 Å². The molecule has 12 heteroatoms. The van der Waals surface area contributed by atoms with Gasteiger partial charge in [0.05, 0.1) is 6.10 Å². The van der Waals surface area contributed by atoms with Crippen LogP contribution in [0.1, 0.15) is 86.6 Å². The molecule has 41 heavy (non-hydrogen) atoms. The van der Waals surface area contributed by atoms with E-state index in [1.165, 1.54) is 12.1 Å². The van der Waals surface area contributed by atoms with Crippen LogP contribution in [0.5, 0.6) is 11.5 Å². The number of hydrogen-bond donors (Lipinski definition) is 1. The van der Waals surface area contributed by atoms with Crippen molar-refractivity contribution in [3.05, 3.63) is 23.8 Å². The Morgan fingerprint density at radius 3 is 1.71 bits per heavy atom. The van der Waals surface area contributed by atoms with E-state index < -0.39 is 42.7 Å². The van der Waals surface area contributed by atoms with Gasteiger partial charge in [0, 0.05) is 0 Å². The minimum Gasteiger partial charge on any atom is -0.458 e. The van der Waals surface area contributed by atoms with E-state index in [0.717, 1.165) is 12.8 Å². The largest absolute Gasteiger partial charge is 0.514 e. The Morgan fingerprint density at radius 2 is 1.20 bits per heavy atom. The maximum absolute atomic E-state index is 12.6. The van der Waals surface area contributed by atoms with Gasteiger partial charge in [0.1, 0.15) is 30.5 Å². The van der Waals surface area contributed by atoms with Gasteiger partial charge < -0.3 is 38.9 Å². The lowest BCUT2D eigenvalue weighted by Gasteiger charge is -2.22. The molecular formula is C29H45NO11. The molecule has 0 heterocycles. The van der Waals surface area contributed by atoms with E-state index in [4.69, 9.17) is 38.9 Å². The van der Waals surface area contributed by atoms with E-state index in [2.05, 4.69) is 0 Å². The minimum atomic E-state index is -1.11. The highest BCUT2D eigenvalue weighted by molar-refractivity contribution is 5.76. The van der Waals surface area contributed by atoms with Gasteiger partial charge in [0.2, 0.25) is 0 Å². The first-order valence-corrected chi connectivity index (χ1v) is 14.0. The molecule has 5 atom stereocenters. The third kappa shape index (κ3) is 14.1. The Balaban J connectivity index is 2.97. The van der Waals surface area contributed by atoms with Crippen LogP contribution in [0.25, 0.3) is 0 Å². The van der Waals surface area contributed by atoms with E-state index in [0.29, 0.717) is 18.4 Å². The van der Waals surface area contributed by atoms with Crippen molar-refractivity contribution in [2.24, 2.45) is 5.73 Å². The Morgan fingerprint density at radius 1 is 0.683 bits per heavy atom. The molecular weight excluding hydrogens is 538 g/mol. The van der Waals surface area contributed by atoms with Crippen LogP contribution in [0.4, 0.5) is 14.4 Å². The highest BCUT2D eigenvalue weighted by Gasteiger charge is 2.26. The van der Waals surface area contributed by atoms with Gasteiger partial charge in [0.15, 0.2) is 11.5 Å². The lowest BCUT2D eigenvalue weighted by Crippen LogP contribution is -2.39. The molecule has 2 unspecified atom stereocenters. The van der Waals surface area contributed by atoms with Crippen LogP contribution >= 0.6 is 0 Å². The minimum absolute atomic E-state index is 0.00785. The molecule has 12 nitrogen and oxygen atoms in total. The summed E-state index contributed by atoms with van der Waals surface area (Å²) < 4.78 is 36.5. The van der Waals surface area contributed by atoms with Gasteiger partial charge in [-0.15, -0.1) is 0 Å². The normalized spacial score (nSPS) is 14.6. The standard InChI is InChI=1S/C29H45NO11/c1-9-11-18(5)36-28(33)40-24-14-13-22(16-25(24)41-29(34)37-19(6)12-10-2)15-23(30)26(31)38-20(7)21(8)39-27(32)35-17(3)4/h13-14,16-21,23H,9-12,15,30H2,1-8H3/t18?,19?,20-,21-,23-/m0/s1. The molecule has 1 aromatic carbocycles. The van der Waals surface area contributed by atoms with Crippen LogP contribution in [-0.2, 0) is 34.9 Å². The molecule has 0 fully saturated rings. The number of ether oxygens (including phenoxy) is 7. The fourth-order valence-corrected chi connectivity index (χ4v) is 3.50. The fraction of sp³-hybridized carbons (Fsp3) is 0.655. The van der Waals surface area contributed by atoms with Crippen molar-refractivity contribution in [1.82, 2.24) is 0 Å². The van der Waals surface area contributed by atoms with Crippen LogP contribution in [-0.4, -0.2) is 61.0 Å². The molecule has 0 radical (unpaired) electrons. The number of nitrogens with two attached hydrogens (primary N) is 1. The summed E-state index contributed by atoms with van der Waals surface area (Å²) in [6.07, 6.45) is -2.61. The molecule has 232 valence electrons. The lowest BCUT2D eigenvalue weighted by molar-refractivity contribution is -0.155. The second-order valence-electron chi connectivity index (χ2n) is 10.1. The van der Waals surface area contributed by atoms with Crippen molar-refractivity contribution < 1.29 is 52.3 Å². The number of rotatable bonds is 15. The van der Waals surface area contributed by atoms with Crippen LogP contribution < -0.4 is 15.2 Å². The Labute approximate surface area is 242 Å². The average molecular weight is 584 g/mol. The Hall–Kier alpha value is -3.54. The highest BCUT2D eigenvalue weighted by atomic mass is 16.8. The summed E-state index contributed by atoms with van der Waals surface area (Å²) in [5.41, 5.74) is 6.56. The zero-order valence-corrected chi connectivity index (χ0v) is 25.3. The summed E-state index contributed by atoms with van der Waals surface area (Å²) >= 11 is 0. The van der Waals surface area contributed by atoms with Crippen LogP contribution in [0.3, 0.4) is 0 Å². The highest BCUT2D eigenvalue weighted by Crippen LogP contribution is 2.30. The molecule has 1 aromatic rings. The Kier molecular flexibility index (Phi) is 15.6. The van der Waals surface area contributed by atoms with Crippen molar-refractivity contribution in [3.63, 3.8) is 0 Å². The van der Waals surface area contributed by atoms with Gasteiger partial charge in [-0.1, -0.05) is 32.8 Å². The van der Waals surface area contributed by atoms with Crippen LogP contribution in [0.2, 0.25) is 0 Å². The number of esters is 1. The molecule has 0 aromatic heterocycles. The molecule has 0 spiro atoms. The maximum Gasteiger partial charge on any atom is 0.514 e. The van der Waals surface area contributed by atoms with Gasteiger partial charge in [-0.2, -0.15) is 0 Å². The first-order valence-electron chi connectivity index (χ1n) is 14.0. The van der Waals surface area contributed by atoms with Crippen molar-refractivity contribution >= 4 is 24.4 Å². The average Bonchev–Trinajstić information content (AvgIpc) is 2.84. The SMILES string of the molecule is CCCC(C)OC(=O)Oc1ccc(C[C@H](N)C(=O)O[C@@H](C)[C@H](C)OC(=O)OC(C)C)cc1OC(=O)OC(C)CCC. The van der Waals surface area contributed by atoms with Crippen LogP contribution in [0.15, 0.2) is 18.2 Å². The molecule has 1 rings (SSSR count). The van der Waals surface area contributed by atoms with E-state index in [1.807, 2.05) is 13.8 Å². The van der Waals surface area contributed by atoms with Gasteiger partial charge in [-0.05, 0) is 78.5 Å². The second kappa shape index (κ2) is 18.0. The summed E-state index contributed by atoms with van der Waals surface area (Å²) in [5, 5.41) is 0. The van der Waals surface area contributed by atoms with E-state index in [1.54, 1.807) is 47.6 Å². The quantitative estimate of drug-likeness (QED) is 0.149. The van der Waals surface area contributed by atoms with Crippen LogP contribution in [0, 0.1) is 0 Å². The third-order valence-electron chi connectivity index (χ3n) is 5.72. The zero-order valence-electron chi connectivity index (χ0n) is 25.3. The first kappa shape index (κ1) is 35.5. The van der Waals surface area contributed by atoms with E-state index in [-0.39, 0.29) is 36.2 Å². The first-order chi connectivity index (χ1) is 19.2. The van der Waals surface area contributed by atoms with Crippen molar-refractivity contribution in [3.8, 4) is 11.5 Å². The predicted molar refractivity (Wildman–Crippen MR) is 149 cm³/mol. The monoisotopic (exact) mass is 583 g/mol. The molecule has 0 bridgehead atoms. The Bertz CT molecular complexity index is 997. The summed E-state index contributed by atoms with van der Waals surface area (Å²) in [6, 6.07) is 3.26. The molecule has 0 amide bonds. The number of hydrogen-bond acceptors (Lipinski definition) is 12. The van der Waals surface area contributed by atoms with Crippen molar-refractivity contribution in [1.29, 1.82) is 0 Å². The second-order valence-corrected chi connectivity index (χ2v) is 10.1. The zero-order chi connectivity index (χ0) is 31.1. The lowest BCUT2D eigenvalue weighted by atomic mass is 10.1. The molecule has 0 aliphatic carbocycles. The third-order valence-corrected chi connectivity index (χ3v) is 5.72. The van der Waals surface area contributed by atoms with Crippen molar-refractivity contribution in [2.45, 2.75) is 124 Å². The molecule has 0 aliphatic rings. The molecule has 0 aliphatic heterocycles. The van der Waals surface area contributed by atoms with E-state index in [9.17, 15) is 19.2 Å². The predicted octanol–water partition coefficient (Wildman–Crippen LogP) is 5.85. The molecule has 2 N–H and O–H groups in total. The van der Waals surface area contributed by atoms with Gasteiger partial charge >= 0.3 is 24.4 Å². The summed E-state index contributed by atoms with van der Waals surface area (Å²) in [7, 11) is 0. The van der Waals surface area contributed by atoms with Gasteiger partial charge in [-0.25, -0.2) is 14.4 Å². The fourth-order valence-electron chi connectivity index (χ4n) is 3.50. The molecule has 0 saturated heterocycles. The number of carbonyl (C=O) groups excluding carboxylic acids is 4. The van der Waals surface area contributed by atoms with Gasteiger partial charge in [0.25, 0.3) is 0 Å². The molecule has 0 saturated carbocycles. The summed E-state index contributed by atoms with van der Waals surface area (Å²) in [6.45, 7) is 13.9. The smallest absolute Gasteiger partial charge is 0.458 e. The maximum atomic E-state index is 12.6. The summed E-state index contributed by atoms with van der Waals surface area (Å²) in [4.78, 5) is 49.0. The summed E-state index contributed by atoms with van der Waals surface area (Å²) in [5.74, 6) is -0.934.